The van der Waals surface area contributed by atoms with Crippen LogP contribution in [0.5, 0.6) is 5.75 Å². The Morgan fingerprint density at radius 3 is 2.61 bits per heavy atom. The molecule has 1 aromatic rings. The standard InChI is InChI=1S/C16H23ClN2O4/c1-11(2)10-13(15(20)21)19-16(22)18-8-5-9-23-14-7-4-3-6-12(14)17/h3-4,6-7,11,13H,5,8-10H2,1-2H3,(H,20,21)(H2,18,19,22). The first kappa shape index (κ1) is 19.1. The van der Waals surface area contributed by atoms with E-state index >= 15 is 0 Å². The molecule has 0 aliphatic rings. The van der Waals surface area contributed by atoms with E-state index in [1.54, 1.807) is 12.1 Å². The summed E-state index contributed by atoms with van der Waals surface area (Å²) in [5, 5.41) is 14.7. The third kappa shape index (κ3) is 7.74. The summed E-state index contributed by atoms with van der Waals surface area (Å²) in [7, 11) is 0. The number of hydrogen-bond acceptors (Lipinski definition) is 3. The van der Waals surface area contributed by atoms with Crippen LogP contribution < -0.4 is 15.4 Å². The average Bonchev–Trinajstić information content (AvgIpc) is 2.47. The van der Waals surface area contributed by atoms with Crippen molar-refractivity contribution in [1.82, 2.24) is 10.6 Å². The van der Waals surface area contributed by atoms with Crippen LogP contribution in [-0.4, -0.2) is 36.3 Å². The SMILES string of the molecule is CC(C)CC(NC(=O)NCCCOc1ccccc1Cl)C(=O)O. The number of ether oxygens (including phenoxy) is 1. The van der Waals surface area contributed by atoms with Crippen LogP contribution in [0.15, 0.2) is 24.3 Å². The van der Waals surface area contributed by atoms with Gasteiger partial charge in [-0.2, -0.15) is 0 Å². The van der Waals surface area contributed by atoms with Crippen LogP contribution in [0.2, 0.25) is 5.02 Å². The maximum Gasteiger partial charge on any atom is 0.326 e. The molecule has 0 heterocycles. The van der Waals surface area contributed by atoms with Crippen molar-refractivity contribution >= 4 is 23.6 Å². The van der Waals surface area contributed by atoms with Crippen LogP contribution in [0.3, 0.4) is 0 Å². The van der Waals surface area contributed by atoms with Crippen LogP contribution in [0, 0.1) is 5.92 Å². The lowest BCUT2D eigenvalue weighted by Crippen LogP contribution is -2.46. The number of amides is 2. The highest BCUT2D eigenvalue weighted by Gasteiger charge is 2.20. The molecular weight excluding hydrogens is 320 g/mol. The fraction of sp³-hybridized carbons (Fsp3) is 0.500. The van der Waals surface area contributed by atoms with Gasteiger partial charge in [0.15, 0.2) is 0 Å². The first-order valence-corrected chi connectivity index (χ1v) is 7.92. The molecule has 1 aromatic carbocycles. The molecule has 1 unspecified atom stereocenters. The zero-order valence-corrected chi connectivity index (χ0v) is 14.1. The third-order valence-electron chi connectivity index (χ3n) is 3.01. The molecule has 0 saturated carbocycles. The van der Waals surface area contributed by atoms with Gasteiger partial charge in [0.1, 0.15) is 11.8 Å². The lowest BCUT2D eigenvalue weighted by molar-refractivity contribution is -0.139. The Hall–Kier alpha value is -1.95. The zero-order chi connectivity index (χ0) is 17.2. The van der Waals surface area contributed by atoms with Crippen molar-refractivity contribution in [3.8, 4) is 5.75 Å². The molecule has 0 aliphatic heterocycles. The number of urea groups is 1. The van der Waals surface area contributed by atoms with Gasteiger partial charge in [0.25, 0.3) is 0 Å². The second kappa shape index (κ2) is 9.94. The van der Waals surface area contributed by atoms with E-state index in [1.807, 2.05) is 26.0 Å². The summed E-state index contributed by atoms with van der Waals surface area (Å²) in [6, 6.07) is 5.78. The van der Waals surface area contributed by atoms with Gasteiger partial charge >= 0.3 is 12.0 Å². The molecule has 7 heteroatoms. The minimum Gasteiger partial charge on any atom is -0.492 e. The number of para-hydroxylation sites is 1. The monoisotopic (exact) mass is 342 g/mol. The molecule has 0 saturated heterocycles. The number of carboxylic acid groups (broad SMARTS) is 1. The number of rotatable bonds is 9. The molecule has 0 spiro atoms. The van der Waals surface area contributed by atoms with Crippen LogP contribution in [-0.2, 0) is 4.79 Å². The van der Waals surface area contributed by atoms with Crippen molar-refractivity contribution in [3.63, 3.8) is 0 Å². The highest BCUT2D eigenvalue weighted by atomic mass is 35.5. The Morgan fingerprint density at radius 1 is 1.30 bits per heavy atom. The lowest BCUT2D eigenvalue weighted by atomic mass is 10.0. The average molecular weight is 343 g/mol. The molecule has 0 radical (unpaired) electrons. The van der Waals surface area contributed by atoms with Gasteiger partial charge in [-0.05, 0) is 30.9 Å². The predicted octanol–water partition coefficient (Wildman–Crippen LogP) is 2.91. The second-order valence-electron chi connectivity index (χ2n) is 5.55. The Kier molecular flexibility index (Phi) is 8.26. The van der Waals surface area contributed by atoms with Gasteiger partial charge in [-0.25, -0.2) is 9.59 Å². The minimum atomic E-state index is -1.03. The van der Waals surface area contributed by atoms with Gasteiger partial charge in [0, 0.05) is 6.54 Å². The van der Waals surface area contributed by atoms with E-state index in [1.165, 1.54) is 0 Å². The number of benzene rings is 1. The fourth-order valence-electron chi connectivity index (χ4n) is 1.92. The van der Waals surface area contributed by atoms with Crippen LogP contribution in [0.25, 0.3) is 0 Å². The second-order valence-corrected chi connectivity index (χ2v) is 5.96. The molecule has 1 rings (SSSR count). The van der Waals surface area contributed by atoms with Crippen LogP contribution in [0.1, 0.15) is 26.7 Å². The maximum absolute atomic E-state index is 11.7. The number of carboxylic acids is 1. The predicted molar refractivity (Wildman–Crippen MR) is 89.0 cm³/mol. The number of carbonyl (C=O) groups excluding carboxylic acids is 1. The highest BCUT2D eigenvalue weighted by Crippen LogP contribution is 2.22. The molecular formula is C16H23ClN2O4. The Balaban J connectivity index is 2.23. The first-order valence-electron chi connectivity index (χ1n) is 7.54. The summed E-state index contributed by atoms with van der Waals surface area (Å²) in [6.07, 6.45) is 0.971. The summed E-state index contributed by atoms with van der Waals surface area (Å²) >= 11 is 5.96. The molecule has 0 aromatic heterocycles. The van der Waals surface area contributed by atoms with Gasteiger partial charge in [-0.3, -0.25) is 0 Å². The normalized spacial score (nSPS) is 11.8. The zero-order valence-electron chi connectivity index (χ0n) is 13.3. The summed E-state index contributed by atoms with van der Waals surface area (Å²) < 4.78 is 5.49. The van der Waals surface area contributed by atoms with Gasteiger partial charge in [-0.1, -0.05) is 37.6 Å². The molecule has 2 amide bonds. The van der Waals surface area contributed by atoms with E-state index in [0.717, 1.165) is 0 Å². The Morgan fingerprint density at radius 2 is 2.00 bits per heavy atom. The quantitative estimate of drug-likeness (QED) is 0.602. The number of hydrogen-bond donors (Lipinski definition) is 3. The van der Waals surface area contributed by atoms with Gasteiger partial charge < -0.3 is 20.5 Å². The Labute approximate surface area is 141 Å². The number of aliphatic carboxylic acids is 1. The van der Waals surface area contributed by atoms with E-state index in [0.29, 0.717) is 36.8 Å². The lowest BCUT2D eigenvalue weighted by Gasteiger charge is -2.17. The summed E-state index contributed by atoms with van der Waals surface area (Å²) in [6.45, 7) is 4.59. The summed E-state index contributed by atoms with van der Waals surface area (Å²) in [5.74, 6) is -0.252. The van der Waals surface area contributed by atoms with Crippen LogP contribution in [0.4, 0.5) is 4.79 Å². The molecule has 1 atom stereocenters. The third-order valence-corrected chi connectivity index (χ3v) is 3.32. The molecule has 128 valence electrons. The van der Waals surface area contributed by atoms with Gasteiger partial charge in [0.05, 0.1) is 11.6 Å². The maximum atomic E-state index is 11.7. The molecule has 0 fully saturated rings. The smallest absolute Gasteiger partial charge is 0.326 e. The van der Waals surface area contributed by atoms with Crippen molar-refractivity contribution < 1.29 is 19.4 Å². The highest BCUT2D eigenvalue weighted by molar-refractivity contribution is 6.32. The molecule has 0 bridgehead atoms. The number of nitrogens with one attached hydrogen (secondary N) is 2. The van der Waals surface area contributed by atoms with Gasteiger partial charge in [-0.15, -0.1) is 0 Å². The van der Waals surface area contributed by atoms with E-state index < -0.39 is 18.0 Å². The van der Waals surface area contributed by atoms with Crippen molar-refractivity contribution in [2.24, 2.45) is 5.92 Å². The number of halogens is 1. The summed E-state index contributed by atoms with van der Waals surface area (Å²) in [5.41, 5.74) is 0. The Bertz CT molecular complexity index is 523. The first-order chi connectivity index (χ1) is 10.9. The van der Waals surface area contributed by atoms with E-state index in [9.17, 15) is 9.59 Å². The van der Waals surface area contributed by atoms with Crippen LogP contribution >= 0.6 is 11.6 Å². The molecule has 0 aliphatic carbocycles. The van der Waals surface area contributed by atoms with Crippen molar-refractivity contribution in [2.75, 3.05) is 13.2 Å². The van der Waals surface area contributed by atoms with E-state index in [2.05, 4.69) is 10.6 Å². The topological polar surface area (TPSA) is 87.7 Å². The van der Waals surface area contributed by atoms with Gasteiger partial charge in [0.2, 0.25) is 0 Å². The molecule has 6 nitrogen and oxygen atoms in total. The van der Waals surface area contributed by atoms with E-state index in [4.69, 9.17) is 21.4 Å². The largest absolute Gasteiger partial charge is 0.492 e. The van der Waals surface area contributed by atoms with Crippen molar-refractivity contribution in [3.05, 3.63) is 29.3 Å². The number of carbonyl (C=O) groups is 2. The minimum absolute atomic E-state index is 0.181. The summed E-state index contributed by atoms with van der Waals surface area (Å²) in [4.78, 5) is 22.7. The van der Waals surface area contributed by atoms with E-state index in [-0.39, 0.29) is 5.92 Å². The molecule has 3 N–H and O–H groups in total. The van der Waals surface area contributed by atoms with Crippen molar-refractivity contribution in [2.45, 2.75) is 32.7 Å². The molecule has 23 heavy (non-hydrogen) atoms. The van der Waals surface area contributed by atoms with Crippen molar-refractivity contribution in [1.29, 1.82) is 0 Å². The fourth-order valence-corrected chi connectivity index (χ4v) is 2.11.